The molecule has 4 nitrogen and oxygen atoms in total. The zero-order chi connectivity index (χ0) is 11.9. The van der Waals surface area contributed by atoms with E-state index in [1.165, 1.54) is 0 Å². The fourth-order valence-corrected chi connectivity index (χ4v) is 2.20. The number of hydrogen-bond acceptors (Lipinski definition) is 2. The Hall–Kier alpha value is -2.62. The second-order valence-electron chi connectivity index (χ2n) is 4.18. The molecule has 18 heavy (non-hydrogen) atoms. The minimum absolute atomic E-state index is 0.941. The summed E-state index contributed by atoms with van der Waals surface area (Å²) in [6.07, 6.45) is 5.54. The third-order valence-corrected chi connectivity index (χ3v) is 3.09. The van der Waals surface area contributed by atoms with Crippen molar-refractivity contribution in [3.63, 3.8) is 0 Å². The van der Waals surface area contributed by atoms with Gasteiger partial charge in [-0.2, -0.15) is 5.10 Å². The largest absolute Gasteiger partial charge is 0.301 e. The lowest BCUT2D eigenvalue weighted by Crippen LogP contribution is -1.92. The Morgan fingerprint density at radius 2 is 2.17 bits per heavy atom. The van der Waals surface area contributed by atoms with Gasteiger partial charge in [-0.25, -0.2) is 4.98 Å². The highest BCUT2D eigenvalue weighted by Crippen LogP contribution is 2.21. The molecule has 0 bridgehead atoms. The molecule has 1 N–H and O–H groups in total. The highest BCUT2D eigenvalue weighted by atomic mass is 15.1. The molecule has 0 aliphatic carbocycles. The summed E-state index contributed by atoms with van der Waals surface area (Å²) < 4.78 is 2.07. The Balaban J connectivity index is 2.00. The van der Waals surface area contributed by atoms with Crippen molar-refractivity contribution in [1.82, 2.24) is 19.7 Å². The molecule has 4 aromatic rings. The maximum absolute atomic E-state index is 4.37. The third kappa shape index (κ3) is 1.26. The Morgan fingerprint density at radius 1 is 1.17 bits per heavy atom. The summed E-state index contributed by atoms with van der Waals surface area (Å²) in [5.74, 6) is 0. The van der Waals surface area contributed by atoms with Gasteiger partial charge in [0.1, 0.15) is 5.65 Å². The number of hydrogen-bond donors (Lipinski definition) is 1. The monoisotopic (exact) mass is 233 g/mol. The average Bonchev–Trinajstić information content (AvgIpc) is 3.04. The molecule has 3 heterocycles. The Bertz CT molecular complexity index is 841. The molecule has 0 aliphatic heterocycles. The first-order valence-electron chi connectivity index (χ1n) is 5.68. The fraction of sp³-hybridized carbons (Fsp3) is 0. The van der Waals surface area contributed by atoms with Crippen LogP contribution in [-0.4, -0.2) is 19.7 Å². The minimum atomic E-state index is 0.941. The Labute approximate surface area is 103 Å². The summed E-state index contributed by atoms with van der Waals surface area (Å²) in [6.45, 7) is 0. The van der Waals surface area contributed by atoms with E-state index in [1.54, 1.807) is 6.20 Å². The van der Waals surface area contributed by atoms with Crippen molar-refractivity contribution in [2.75, 3.05) is 0 Å². The van der Waals surface area contributed by atoms with E-state index in [9.17, 15) is 0 Å². The van der Waals surface area contributed by atoms with E-state index in [-0.39, 0.29) is 0 Å². The van der Waals surface area contributed by atoms with Crippen LogP contribution in [0.2, 0.25) is 0 Å². The molecule has 0 spiro atoms. The van der Waals surface area contributed by atoms with Crippen LogP contribution < -0.4 is 0 Å². The lowest BCUT2D eigenvalue weighted by atomic mass is 10.2. The smallest absolute Gasteiger partial charge is 0.144 e. The first kappa shape index (κ1) is 9.41. The Kier molecular flexibility index (Phi) is 1.80. The normalized spacial score (nSPS) is 11.3. The lowest BCUT2D eigenvalue weighted by Gasteiger charge is -2.04. The topological polar surface area (TPSA) is 46.5 Å². The van der Waals surface area contributed by atoms with E-state index in [4.69, 9.17) is 0 Å². The van der Waals surface area contributed by atoms with Gasteiger partial charge >= 0.3 is 0 Å². The van der Waals surface area contributed by atoms with E-state index < -0.39 is 0 Å². The van der Waals surface area contributed by atoms with Crippen molar-refractivity contribution < 1.29 is 0 Å². The molecule has 0 saturated heterocycles. The number of nitrogens with zero attached hydrogens (tertiary/aromatic N) is 3. The minimum Gasteiger partial charge on any atom is -0.301 e. The predicted molar refractivity (Wildman–Crippen MR) is 69.6 cm³/mol. The molecule has 0 saturated carbocycles. The van der Waals surface area contributed by atoms with Crippen LogP contribution in [0.1, 0.15) is 0 Å². The van der Waals surface area contributed by atoms with E-state index in [2.05, 4.69) is 37.9 Å². The summed E-state index contributed by atoms with van der Waals surface area (Å²) in [6, 6.07) is 13.1. The highest BCUT2D eigenvalue weighted by Gasteiger charge is 2.05. The van der Waals surface area contributed by atoms with Crippen molar-refractivity contribution >= 4 is 21.9 Å². The maximum Gasteiger partial charge on any atom is 0.144 e. The average molecular weight is 233 g/mol. The van der Waals surface area contributed by atoms with E-state index in [0.29, 0.717) is 0 Å². The number of aromatic amines is 1. The number of pyridine rings is 1. The summed E-state index contributed by atoms with van der Waals surface area (Å²) >= 11 is 0. The summed E-state index contributed by atoms with van der Waals surface area (Å²) in [5.41, 5.74) is 3.06. The second-order valence-corrected chi connectivity index (χ2v) is 4.18. The summed E-state index contributed by atoms with van der Waals surface area (Å²) in [7, 11) is 0. The van der Waals surface area contributed by atoms with Gasteiger partial charge in [0.2, 0.25) is 0 Å². The third-order valence-electron chi connectivity index (χ3n) is 3.09. The lowest BCUT2D eigenvalue weighted by molar-refractivity contribution is 1.09. The van der Waals surface area contributed by atoms with Gasteiger partial charge in [-0.05, 0) is 30.3 Å². The molecule has 0 fully saturated rings. The predicted octanol–water partition coefficient (Wildman–Crippen LogP) is 2.70. The summed E-state index contributed by atoms with van der Waals surface area (Å²) in [4.78, 5) is 4.37. The fourth-order valence-electron chi connectivity index (χ4n) is 2.20. The number of rotatable bonds is 1. The zero-order valence-electron chi connectivity index (χ0n) is 9.46. The van der Waals surface area contributed by atoms with Crippen LogP contribution in [0.5, 0.6) is 0 Å². The van der Waals surface area contributed by atoms with Gasteiger partial charge in [-0.3, -0.25) is 5.10 Å². The van der Waals surface area contributed by atoms with Gasteiger partial charge in [0.05, 0.1) is 11.7 Å². The van der Waals surface area contributed by atoms with Crippen molar-refractivity contribution in [2.45, 2.75) is 0 Å². The molecule has 0 amide bonds. The van der Waals surface area contributed by atoms with Crippen LogP contribution in [-0.2, 0) is 0 Å². The molecule has 1 radical (unpaired) electrons. The van der Waals surface area contributed by atoms with Crippen LogP contribution in [0.4, 0.5) is 0 Å². The van der Waals surface area contributed by atoms with Crippen LogP contribution in [0, 0.1) is 6.07 Å². The van der Waals surface area contributed by atoms with Crippen LogP contribution in [0.3, 0.4) is 0 Å². The molecule has 0 unspecified atom stereocenters. The molecule has 1 aromatic carbocycles. The summed E-state index contributed by atoms with van der Waals surface area (Å²) in [5, 5.41) is 9.16. The highest BCUT2D eigenvalue weighted by molar-refractivity contribution is 5.82. The molecule has 4 rings (SSSR count). The van der Waals surface area contributed by atoms with Gasteiger partial charge in [0.25, 0.3) is 0 Å². The van der Waals surface area contributed by atoms with Crippen molar-refractivity contribution in [3.05, 3.63) is 55.0 Å². The SMILES string of the molecule is [c]1cnc2c(c1)ccn2-c1ccc2[nH]ncc2c1. The van der Waals surface area contributed by atoms with Gasteiger partial charge in [0.15, 0.2) is 0 Å². The number of fused-ring (bicyclic) bond motifs is 2. The van der Waals surface area contributed by atoms with Gasteiger partial charge in [-0.15, -0.1) is 0 Å². The standard InChI is InChI=1S/C14H9N4/c1-2-10-5-7-18(14(10)15-6-1)12-3-4-13-11(8-12)9-16-17-13/h2-9H,(H,16,17). The molecular formula is C14H9N4. The van der Waals surface area contributed by atoms with Crippen LogP contribution in [0.25, 0.3) is 27.6 Å². The molecule has 85 valence electrons. The molecule has 3 aromatic heterocycles. The molecule has 0 atom stereocenters. The van der Waals surface area contributed by atoms with Gasteiger partial charge in [-0.1, -0.05) is 0 Å². The molecule has 0 aliphatic rings. The van der Waals surface area contributed by atoms with Crippen LogP contribution in [0.15, 0.2) is 48.9 Å². The van der Waals surface area contributed by atoms with Gasteiger partial charge < -0.3 is 4.57 Å². The number of aromatic nitrogens is 4. The van der Waals surface area contributed by atoms with Gasteiger partial charge in [0, 0.05) is 34.9 Å². The van der Waals surface area contributed by atoms with Crippen molar-refractivity contribution in [1.29, 1.82) is 0 Å². The number of benzene rings is 1. The van der Waals surface area contributed by atoms with Crippen LogP contribution >= 0.6 is 0 Å². The molecule has 4 heteroatoms. The van der Waals surface area contributed by atoms with E-state index in [0.717, 1.165) is 27.6 Å². The first-order chi connectivity index (χ1) is 8.92. The second kappa shape index (κ2) is 3.43. The maximum atomic E-state index is 4.37. The first-order valence-corrected chi connectivity index (χ1v) is 5.68. The van der Waals surface area contributed by atoms with Crippen molar-refractivity contribution in [2.24, 2.45) is 0 Å². The quantitative estimate of drug-likeness (QED) is 0.549. The van der Waals surface area contributed by atoms with E-state index in [1.807, 2.05) is 30.6 Å². The molecular weight excluding hydrogens is 224 g/mol. The van der Waals surface area contributed by atoms with E-state index >= 15 is 0 Å². The Morgan fingerprint density at radius 3 is 3.17 bits per heavy atom. The number of nitrogens with one attached hydrogen (secondary N) is 1. The zero-order valence-corrected chi connectivity index (χ0v) is 9.46. The number of H-pyrrole nitrogens is 1. The van der Waals surface area contributed by atoms with Crippen molar-refractivity contribution in [3.8, 4) is 5.69 Å².